The van der Waals surface area contributed by atoms with Crippen molar-refractivity contribution >= 4 is 5.69 Å². The molecule has 2 unspecified atom stereocenters. The van der Waals surface area contributed by atoms with E-state index in [4.69, 9.17) is 5.73 Å². The molecule has 3 nitrogen and oxygen atoms in total. The Balaban J connectivity index is 2.09. The Hall–Kier alpha value is -1.09. The largest absolute Gasteiger partial charge is 0.368 e. The molecule has 1 fully saturated rings. The highest BCUT2D eigenvalue weighted by Crippen LogP contribution is 2.27. The maximum atomic E-state index is 5.99. The first kappa shape index (κ1) is 13.3. The number of nitrogens with two attached hydrogens (primary N) is 1. The van der Waals surface area contributed by atoms with Crippen molar-refractivity contribution in [1.29, 1.82) is 0 Å². The van der Waals surface area contributed by atoms with Gasteiger partial charge in [-0.2, -0.15) is 0 Å². The quantitative estimate of drug-likeness (QED) is 0.892. The fraction of sp³-hybridized carbons (Fsp3) is 0.667. The van der Waals surface area contributed by atoms with Crippen LogP contribution in [0, 0.1) is 5.92 Å². The maximum absolute atomic E-state index is 5.99. The van der Waals surface area contributed by atoms with Gasteiger partial charge in [-0.15, -0.1) is 0 Å². The molecule has 0 saturated carbocycles. The smallest absolute Gasteiger partial charge is 0.0572 e. The number of pyridine rings is 1. The van der Waals surface area contributed by atoms with Gasteiger partial charge < -0.3 is 10.6 Å². The zero-order valence-electron chi connectivity index (χ0n) is 11.8. The van der Waals surface area contributed by atoms with Crippen molar-refractivity contribution in [1.82, 2.24) is 4.98 Å². The van der Waals surface area contributed by atoms with Crippen LogP contribution in [0.5, 0.6) is 0 Å². The van der Waals surface area contributed by atoms with Crippen LogP contribution in [0.4, 0.5) is 5.69 Å². The second kappa shape index (κ2) is 5.70. The van der Waals surface area contributed by atoms with Crippen molar-refractivity contribution in [2.24, 2.45) is 11.7 Å². The van der Waals surface area contributed by atoms with E-state index in [2.05, 4.69) is 42.8 Å². The zero-order chi connectivity index (χ0) is 13.1. The fourth-order valence-electron chi connectivity index (χ4n) is 2.79. The van der Waals surface area contributed by atoms with Crippen LogP contribution in [-0.4, -0.2) is 17.6 Å². The Bertz CT molecular complexity index is 374. The number of nitrogens with zero attached hydrogens (tertiary/aromatic N) is 2. The van der Waals surface area contributed by atoms with Crippen LogP contribution in [0.3, 0.4) is 0 Å². The molecular formula is C15H25N3. The molecule has 0 radical (unpaired) electrons. The summed E-state index contributed by atoms with van der Waals surface area (Å²) in [7, 11) is 0. The second-order valence-corrected chi connectivity index (χ2v) is 5.63. The van der Waals surface area contributed by atoms with E-state index in [0.29, 0.717) is 6.04 Å². The van der Waals surface area contributed by atoms with Crippen molar-refractivity contribution < 1.29 is 0 Å². The van der Waals surface area contributed by atoms with Gasteiger partial charge in [-0.3, -0.25) is 4.98 Å². The minimum atomic E-state index is 0.0675. The van der Waals surface area contributed by atoms with E-state index >= 15 is 0 Å². The maximum Gasteiger partial charge on any atom is 0.0572 e. The molecule has 1 aromatic heterocycles. The SMILES string of the molecule is CC[C@H](N)c1ccc(N2CCC(C)CC2C)cn1. The van der Waals surface area contributed by atoms with Crippen LogP contribution in [0.25, 0.3) is 0 Å². The minimum Gasteiger partial charge on any atom is -0.368 e. The summed E-state index contributed by atoms with van der Waals surface area (Å²) in [4.78, 5) is 6.98. The Morgan fingerprint density at radius 1 is 1.44 bits per heavy atom. The summed E-state index contributed by atoms with van der Waals surface area (Å²) in [6.45, 7) is 7.88. The average Bonchev–Trinajstić information content (AvgIpc) is 2.38. The summed E-state index contributed by atoms with van der Waals surface area (Å²) in [5.74, 6) is 0.844. The molecule has 100 valence electrons. The standard InChI is InChI=1S/C15H25N3/c1-4-14(16)15-6-5-13(10-17-15)18-8-7-11(2)9-12(18)3/h5-6,10-12,14H,4,7-9,16H2,1-3H3/t11?,12?,14-/m0/s1. The highest BCUT2D eigenvalue weighted by Gasteiger charge is 2.23. The van der Waals surface area contributed by atoms with Crippen molar-refractivity contribution in [2.75, 3.05) is 11.4 Å². The molecule has 3 atom stereocenters. The molecule has 18 heavy (non-hydrogen) atoms. The fourth-order valence-corrected chi connectivity index (χ4v) is 2.79. The van der Waals surface area contributed by atoms with Gasteiger partial charge in [0.1, 0.15) is 0 Å². The first-order valence-electron chi connectivity index (χ1n) is 7.10. The summed E-state index contributed by atoms with van der Waals surface area (Å²) in [6, 6.07) is 4.93. The first-order chi connectivity index (χ1) is 8.61. The average molecular weight is 247 g/mol. The number of anilines is 1. The highest BCUT2D eigenvalue weighted by molar-refractivity contribution is 5.46. The zero-order valence-corrected chi connectivity index (χ0v) is 11.8. The van der Waals surface area contributed by atoms with Crippen LogP contribution >= 0.6 is 0 Å². The Morgan fingerprint density at radius 2 is 2.22 bits per heavy atom. The van der Waals surface area contributed by atoms with Crippen LogP contribution in [0.15, 0.2) is 18.3 Å². The van der Waals surface area contributed by atoms with Crippen molar-refractivity contribution in [2.45, 2.75) is 52.1 Å². The third kappa shape index (κ3) is 2.83. The lowest BCUT2D eigenvalue weighted by Gasteiger charge is -2.38. The summed E-state index contributed by atoms with van der Waals surface area (Å²) in [5, 5.41) is 0. The lowest BCUT2D eigenvalue weighted by Crippen LogP contribution is -2.40. The second-order valence-electron chi connectivity index (χ2n) is 5.63. The van der Waals surface area contributed by atoms with Gasteiger partial charge in [0.25, 0.3) is 0 Å². The molecule has 1 aromatic rings. The molecule has 2 rings (SSSR count). The van der Waals surface area contributed by atoms with Crippen molar-refractivity contribution in [3.8, 4) is 0 Å². The molecule has 1 aliphatic rings. The van der Waals surface area contributed by atoms with Gasteiger partial charge in [0.05, 0.1) is 17.6 Å². The number of rotatable bonds is 3. The topological polar surface area (TPSA) is 42.1 Å². The number of hydrogen-bond acceptors (Lipinski definition) is 3. The predicted molar refractivity (Wildman–Crippen MR) is 76.7 cm³/mol. The lowest BCUT2D eigenvalue weighted by atomic mass is 9.93. The van der Waals surface area contributed by atoms with Crippen molar-refractivity contribution in [3.63, 3.8) is 0 Å². The number of hydrogen-bond donors (Lipinski definition) is 1. The molecule has 1 saturated heterocycles. The van der Waals surface area contributed by atoms with E-state index in [9.17, 15) is 0 Å². The van der Waals surface area contributed by atoms with E-state index < -0.39 is 0 Å². The highest BCUT2D eigenvalue weighted by atomic mass is 15.2. The Morgan fingerprint density at radius 3 is 2.78 bits per heavy atom. The summed E-state index contributed by atoms with van der Waals surface area (Å²) < 4.78 is 0. The third-order valence-corrected chi connectivity index (χ3v) is 4.06. The minimum absolute atomic E-state index is 0.0675. The molecule has 0 amide bonds. The van der Waals surface area contributed by atoms with Crippen LogP contribution < -0.4 is 10.6 Å². The summed E-state index contributed by atoms with van der Waals surface area (Å²) in [5.41, 5.74) is 8.23. The monoisotopic (exact) mass is 247 g/mol. The molecular weight excluding hydrogens is 222 g/mol. The summed E-state index contributed by atoms with van der Waals surface area (Å²) in [6.07, 6.45) is 5.47. The number of piperidine rings is 1. The van der Waals surface area contributed by atoms with E-state index in [0.717, 1.165) is 24.6 Å². The van der Waals surface area contributed by atoms with Gasteiger partial charge in [0, 0.05) is 18.6 Å². The molecule has 1 aliphatic heterocycles. The van der Waals surface area contributed by atoms with Crippen LogP contribution in [0.2, 0.25) is 0 Å². The van der Waals surface area contributed by atoms with Gasteiger partial charge >= 0.3 is 0 Å². The predicted octanol–water partition coefficient (Wildman–Crippen LogP) is 3.12. The van der Waals surface area contributed by atoms with E-state index in [1.165, 1.54) is 18.5 Å². The van der Waals surface area contributed by atoms with E-state index in [1.807, 2.05) is 6.20 Å². The van der Waals surface area contributed by atoms with Crippen LogP contribution in [0.1, 0.15) is 51.8 Å². The molecule has 0 aliphatic carbocycles. The first-order valence-corrected chi connectivity index (χ1v) is 7.10. The van der Waals surface area contributed by atoms with Crippen molar-refractivity contribution in [3.05, 3.63) is 24.0 Å². The normalized spacial score (nSPS) is 26.1. The van der Waals surface area contributed by atoms with Crippen LogP contribution in [-0.2, 0) is 0 Å². The molecule has 0 spiro atoms. The van der Waals surface area contributed by atoms with Gasteiger partial charge in [-0.1, -0.05) is 13.8 Å². The molecule has 2 heterocycles. The van der Waals surface area contributed by atoms with E-state index in [-0.39, 0.29) is 6.04 Å². The van der Waals surface area contributed by atoms with E-state index in [1.54, 1.807) is 0 Å². The van der Waals surface area contributed by atoms with Gasteiger partial charge in [0.2, 0.25) is 0 Å². The Labute approximate surface area is 110 Å². The molecule has 0 aromatic carbocycles. The number of aromatic nitrogens is 1. The Kier molecular flexibility index (Phi) is 4.23. The molecule has 2 N–H and O–H groups in total. The molecule has 3 heteroatoms. The third-order valence-electron chi connectivity index (χ3n) is 4.06. The lowest BCUT2D eigenvalue weighted by molar-refractivity contribution is 0.377. The van der Waals surface area contributed by atoms with Gasteiger partial charge in [0.15, 0.2) is 0 Å². The van der Waals surface area contributed by atoms with Gasteiger partial charge in [-0.25, -0.2) is 0 Å². The summed E-state index contributed by atoms with van der Waals surface area (Å²) >= 11 is 0. The van der Waals surface area contributed by atoms with Gasteiger partial charge in [-0.05, 0) is 44.2 Å². The molecule has 0 bridgehead atoms.